The Morgan fingerprint density at radius 2 is 1.80 bits per heavy atom. The fourth-order valence-corrected chi connectivity index (χ4v) is 5.00. The third kappa shape index (κ3) is 4.58. The van der Waals surface area contributed by atoms with Gasteiger partial charge in [0.05, 0.1) is 32.2 Å². The number of halogens is 6. The second kappa shape index (κ2) is 9.22. The van der Waals surface area contributed by atoms with Crippen LogP contribution in [0.15, 0.2) is 30.3 Å². The van der Waals surface area contributed by atoms with Gasteiger partial charge in [-0.25, -0.2) is 4.39 Å². The van der Waals surface area contributed by atoms with Crippen LogP contribution in [0.4, 0.5) is 10.1 Å². The van der Waals surface area contributed by atoms with E-state index >= 15 is 0 Å². The summed E-state index contributed by atoms with van der Waals surface area (Å²) in [5.74, 6) is -2.65. The minimum Gasteiger partial charge on any atom is -0.324 e. The largest absolute Gasteiger partial charge is 0.324 e. The molecule has 3 rings (SSSR count). The number of benzene rings is 2. The van der Waals surface area contributed by atoms with Gasteiger partial charge < -0.3 is 5.32 Å². The van der Waals surface area contributed by atoms with Gasteiger partial charge in [0, 0.05) is 12.3 Å². The van der Waals surface area contributed by atoms with Crippen molar-refractivity contribution in [2.45, 2.75) is 36.4 Å². The van der Waals surface area contributed by atoms with E-state index in [1.807, 2.05) is 6.92 Å². The lowest BCUT2D eigenvalue weighted by Gasteiger charge is -2.12. The summed E-state index contributed by atoms with van der Waals surface area (Å²) in [6, 6.07) is 7.09. The number of alkyl halides is 2. The van der Waals surface area contributed by atoms with Crippen molar-refractivity contribution in [3.05, 3.63) is 62.3 Å². The Kier molecular flexibility index (Phi) is 7.26. The van der Waals surface area contributed by atoms with Crippen LogP contribution in [-0.4, -0.2) is 16.0 Å². The van der Waals surface area contributed by atoms with Crippen molar-refractivity contribution >= 4 is 75.4 Å². The van der Waals surface area contributed by atoms with E-state index in [1.54, 1.807) is 0 Å². The topological polar surface area (TPSA) is 46.2 Å². The van der Waals surface area contributed by atoms with Gasteiger partial charge in [-0.1, -0.05) is 54.2 Å². The first kappa shape index (κ1) is 23.6. The zero-order valence-electron chi connectivity index (χ0n) is 15.7. The molecule has 30 heavy (non-hydrogen) atoms. The van der Waals surface area contributed by atoms with E-state index in [2.05, 4.69) is 5.32 Å². The molecule has 0 bridgehead atoms. The highest BCUT2D eigenvalue weighted by Gasteiger charge is 2.67. The van der Waals surface area contributed by atoms with Crippen LogP contribution >= 0.6 is 58.0 Å². The van der Waals surface area contributed by atoms with E-state index in [-0.39, 0.29) is 32.1 Å². The van der Waals surface area contributed by atoms with Crippen LogP contribution in [0.25, 0.3) is 0 Å². The van der Waals surface area contributed by atoms with E-state index in [1.165, 1.54) is 30.3 Å². The molecule has 1 amide bonds. The number of amides is 1. The van der Waals surface area contributed by atoms with Crippen LogP contribution in [0.1, 0.15) is 48.0 Å². The summed E-state index contributed by atoms with van der Waals surface area (Å²) < 4.78 is 12.1. The van der Waals surface area contributed by atoms with Crippen molar-refractivity contribution in [3.8, 4) is 0 Å². The van der Waals surface area contributed by atoms with Gasteiger partial charge in [0.1, 0.15) is 10.2 Å². The summed E-state index contributed by atoms with van der Waals surface area (Å²) >= 11 is 31.0. The van der Waals surface area contributed by atoms with Gasteiger partial charge in [-0.05, 0) is 36.2 Å². The zero-order chi connectivity index (χ0) is 22.2. The van der Waals surface area contributed by atoms with Crippen LogP contribution < -0.4 is 5.32 Å². The predicted octanol–water partition coefficient (Wildman–Crippen LogP) is 7.68. The number of nitrogens with one attached hydrogen (secondary N) is 1. The van der Waals surface area contributed by atoms with Crippen LogP contribution in [-0.2, 0) is 4.79 Å². The van der Waals surface area contributed by atoms with Crippen LogP contribution in [0.3, 0.4) is 0 Å². The summed E-state index contributed by atoms with van der Waals surface area (Å²) in [6.45, 7) is 1.97. The first-order chi connectivity index (χ1) is 14.1. The first-order valence-corrected chi connectivity index (χ1v) is 11.1. The third-order valence-electron chi connectivity index (χ3n) is 5.02. The van der Waals surface area contributed by atoms with Gasteiger partial charge in [0.2, 0.25) is 5.91 Å². The average molecular weight is 512 g/mol. The molecule has 1 N–H and O–H groups in total. The molecule has 1 aliphatic carbocycles. The highest BCUT2D eigenvalue weighted by atomic mass is 35.5. The fourth-order valence-electron chi connectivity index (χ4n) is 3.35. The number of unbranched alkanes of at least 4 members (excludes halogenated alkanes) is 1. The Hall–Kier alpha value is -1.04. The molecule has 3 nitrogen and oxygen atoms in total. The summed E-state index contributed by atoms with van der Waals surface area (Å²) in [4.78, 5) is 25.3. The first-order valence-electron chi connectivity index (χ1n) is 9.24. The summed E-state index contributed by atoms with van der Waals surface area (Å²) in [5, 5.41) is 2.87. The Morgan fingerprint density at radius 3 is 2.43 bits per heavy atom. The maximum absolute atomic E-state index is 13.4. The number of carbonyl (C=O) groups is 2. The van der Waals surface area contributed by atoms with E-state index in [0.717, 1.165) is 6.42 Å². The summed E-state index contributed by atoms with van der Waals surface area (Å²) in [5.41, 5.74) is 0.951. The van der Waals surface area contributed by atoms with Gasteiger partial charge in [-0.2, -0.15) is 0 Å². The van der Waals surface area contributed by atoms with Gasteiger partial charge >= 0.3 is 0 Å². The van der Waals surface area contributed by atoms with E-state index in [9.17, 15) is 14.0 Å². The monoisotopic (exact) mass is 509 g/mol. The highest BCUT2D eigenvalue weighted by molar-refractivity contribution is 6.53. The lowest BCUT2D eigenvalue weighted by Crippen LogP contribution is -2.18. The Bertz CT molecular complexity index is 1010. The molecule has 1 fully saturated rings. The molecule has 0 aromatic heterocycles. The molecule has 0 heterocycles. The van der Waals surface area contributed by atoms with Crippen molar-refractivity contribution < 1.29 is 14.0 Å². The number of carbonyl (C=O) groups excluding carboxylic acids is 2. The molecule has 0 spiro atoms. The lowest BCUT2D eigenvalue weighted by atomic mass is 10.0. The maximum Gasteiger partial charge on any atom is 0.231 e. The molecule has 160 valence electrons. The Morgan fingerprint density at radius 1 is 1.10 bits per heavy atom. The minimum atomic E-state index is -1.39. The maximum atomic E-state index is 13.4. The third-order valence-corrected chi connectivity index (χ3v) is 6.96. The van der Waals surface area contributed by atoms with Gasteiger partial charge in [0.25, 0.3) is 0 Å². The van der Waals surface area contributed by atoms with Gasteiger partial charge in [-0.3, -0.25) is 9.59 Å². The second-order valence-electron chi connectivity index (χ2n) is 7.10. The molecular formula is C21H17Cl5FNO2. The Labute approximate surface area is 198 Å². The number of Topliss-reactive ketones (excluding diaryl/α,β-unsaturated/α-hetero) is 1. The van der Waals surface area contributed by atoms with Gasteiger partial charge in [0.15, 0.2) is 5.78 Å². The molecule has 1 aliphatic rings. The number of ketones is 1. The summed E-state index contributed by atoms with van der Waals surface area (Å²) in [6.07, 6.45) is 1.85. The lowest BCUT2D eigenvalue weighted by molar-refractivity contribution is -0.117. The van der Waals surface area contributed by atoms with Crippen LogP contribution in [0.5, 0.6) is 0 Å². The molecule has 0 aliphatic heterocycles. The van der Waals surface area contributed by atoms with E-state index < -0.39 is 27.9 Å². The van der Waals surface area contributed by atoms with Crippen molar-refractivity contribution in [3.63, 3.8) is 0 Å². The molecule has 1 saturated carbocycles. The van der Waals surface area contributed by atoms with Crippen LogP contribution in [0.2, 0.25) is 15.1 Å². The number of hydrogen-bond acceptors (Lipinski definition) is 2. The quantitative estimate of drug-likeness (QED) is 0.306. The van der Waals surface area contributed by atoms with Gasteiger partial charge in [-0.15, -0.1) is 23.2 Å². The molecular weight excluding hydrogens is 494 g/mol. The van der Waals surface area contributed by atoms with E-state index in [4.69, 9.17) is 58.0 Å². The Balaban J connectivity index is 1.82. The second-order valence-corrected chi connectivity index (χ2v) is 9.74. The predicted molar refractivity (Wildman–Crippen MR) is 121 cm³/mol. The van der Waals surface area contributed by atoms with Crippen molar-refractivity contribution in [1.29, 1.82) is 0 Å². The molecule has 2 atom stereocenters. The van der Waals surface area contributed by atoms with Crippen molar-refractivity contribution in [1.82, 2.24) is 0 Å². The molecule has 0 radical (unpaired) electrons. The fraction of sp³-hybridized carbons (Fsp3) is 0.333. The smallest absolute Gasteiger partial charge is 0.231 e. The zero-order valence-corrected chi connectivity index (χ0v) is 19.5. The molecule has 2 unspecified atom stereocenters. The minimum absolute atomic E-state index is 0.0636. The SMILES string of the molecule is CCCCC(=O)c1c(Cl)ccc(NC(=O)C2C(c3ccc(F)c(Cl)c3)C2(Cl)Cl)c1Cl. The van der Waals surface area contributed by atoms with E-state index in [0.29, 0.717) is 18.4 Å². The highest BCUT2D eigenvalue weighted by Crippen LogP contribution is 2.65. The summed E-state index contributed by atoms with van der Waals surface area (Å²) in [7, 11) is 0. The molecule has 2 aromatic rings. The molecule has 9 heteroatoms. The average Bonchev–Trinajstić information content (AvgIpc) is 3.26. The van der Waals surface area contributed by atoms with Crippen LogP contribution in [0, 0.1) is 11.7 Å². The number of rotatable bonds is 7. The normalized spacial score (nSPS) is 19.4. The standard InChI is InChI=1S/C21H17Cl5FNO2/c1-2-3-4-15(29)16-11(22)6-8-14(19(16)24)28-20(30)18-17(21(18,25)26)10-5-7-13(27)12(23)9-10/h5-9,17-18H,2-4H2,1H3,(H,28,30). The molecule has 0 saturated heterocycles. The van der Waals surface area contributed by atoms with Crippen molar-refractivity contribution in [2.75, 3.05) is 5.32 Å². The number of anilines is 1. The van der Waals surface area contributed by atoms with Crippen molar-refractivity contribution in [2.24, 2.45) is 5.92 Å². The molecule has 2 aromatic carbocycles. The number of hydrogen-bond donors (Lipinski definition) is 1.